The number of anilines is 1. The number of ether oxygens (including phenoxy) is 1. The maximum absolute atomic E-state index is 12.8. The topological polar surface area (TPSA) is 149 Å². The lowest BCUT2D eigenvalue weighted by molar-refractivity contribution is -0.123. The molecule has 5 rings (SSSR count). The van der Waals surface area contributed by atoms with Gasteiger partial charge in [0, 0.05) is 68.3 Å². The summed E-state index contributed by atoms with van der Waals surface area (Å²) in [6.45, 7) is 7.29. The minimum Gasteiger partial charge on any atom is -0.448 e. The quantitative estimate of drug-likeness (QED) is 0.228. The molecule has 1 saturated carbocycles. The molecule has 0 unspecified atom stereocenters. The Balaban J connectivity index is 1.08. The molecule has 40 heavy (non-hydrogen) atoms. The summed E-state index contributed by atoms with van der Waals surface area (Å²) < 4.78 is 12.3. The van der Waals surface area contributed by atoms with Crippen molar-refractivity contribution in [3.8, 4) is 11.1 Å². The standard InChI is InChI=1S/C28H34N8O4/c1-4-7-39-16-26-29-13-21(14-30-26)19-5-6-36-23(10-19)11-25(35-36)34-27(37)20-8-22(9-20)32-17(2)12-31-28(38)24-15-40-18(3)33-24/h5-6,10-11,13-15,17,20,22,32H,4,7-9,12,16H2,1-3H3,(H,31,38)(H,34,35,37)/t17-,20?,22?/m0/s1. The molecule has 1 aliphatic carbocycles. The van der Waals surface area contributed by atoms with Gasteiger partial charge in [0.25, 0.3) is 5.91 Å². The predicted octanol–water partition coefficient (Wildman–Crippen LogP) is 3.14. The van der Waals surface area contributed by atoms with Crippen LogP contribution in [0.25, 0.3) is 16.6 Å². The highest BCUT2D eigenvalue weighted by Crippen LogP contribution is 2.29. The molecular formula is C28H34N8O4. The van der Waals surface area contributed by atoms with Crippen LogP contribution >= 0.6 is 0 Å². The first-order valence-electron chi connectivity index (χ1n) is 13.5. The number of hydrogen-bond acceptors (Lipinski definition) is 9. The maximum atomic E-state index is 12.8. The van der Waals surface area contributed by atoms with Crippen LogP contribution in [0.3, 0.4) is 0 Å². The molecule has 0 radical (unpaired) electrons. The Kier molecular flexibility index (Phi) is 8.46. The molecule has 4 aromatic heterocycles. The third-order valence-electron chi connectivity index (χ3n) is 6.78. The van der Waals surface area contributed by atoms with Gasteiger partial charge in [-0.25, -0.2) is 19.5 Å². The Morgan fingerprint density at radius 1 is 1.20 bits per heavy atom. The Morgan fingerprint density at radius 3 is 2.73 bits per heavy atom. The van der Waals surface area contributed by atoms with Crippen molar-refractivity contribution < 1.29 is 18.7 Å². The van der Waals surface area contributed by atoms with Crippen molar-refractivity contribution in [1.29, 1.82) is 0 Å². The van der Waals surface area contributed by atoms with Crippen LogP contribution in [0, 0.1) is 12.8 Å². The normalized spacial score (nSPS) is 17.4. The highest BCUT2D eigenvalue weighted by molar-refractivity contribution is 5.93. The van der Waals surface area contributed by atoms with Crippen LogP contribution < -0.4 is 16.0 Å². The molecule has 0 aliphatic heterocycles. The van der Waals surface area contributed by atoms with Gasteiger partial charge < -0.3 is 25.1 Å². The number of hydrogen-bond donors (Lipinski definition) is 3. The molecule has 3 N–H and O–H groups in total. The molecule has 1 atom stereocenters. The van der Waals surface area contributed by atoms with E-state index in [-0.39, 0.29) is 35.5 Å². The smallest absolute Gasteiger partial charge is 0.273 e. The number of aryl methyl sites for hydroxylation is 1. The van der Waals surface area contributed by atoms with E-state index in [4.69, 9.17) is 9.15 Å². The van der Waals surface area contributed by atoms with Crippen molar-refractivity contribution in [3.63, 3.8) is 0 Å². The fourth-order valence-electron chi connectivity index (χ4n) is 4.58. The number of nitrogens with zero attached hydrogens (tertiary/aromatic N) is 5. The average Bonchev–Trinajstić information content (AvgIpc) is 3.54. The van der Waals surface area contributed by atoms with Gasteiger partial charge in [-0.1, -0.05) is 6.92 Å². The Bertz CT molecular complexity index is 1460. The van der Waals surface area contributed by atoms with Gasteiger partial charge in [0.2, 0.25) is 5.91 Å². The average molecular weight is 547 g/mol. The minimum absolute atomic E-state index is 0.0432. The summed E-state index contributed by atoms with van der Waals surface area (Å²) in [6.07, 6.45) is 9.18. The summed E-state index contributed by atoms with van der Waals surface area (Å²) in [6, 6.07) is 6.05. The largest absolute Gasteiger partial charge is 0.448 e. The van der Waals surface area contributed by atoms with Gasteiger partial charge in [-0.05, 0) is 43.9 Å². The zero-order valence-corrected chi connectivity index (χ0v) is 22.9. The fourth-order valence-corrected chi connectivity index (χ4v) is 4.58. The maximum Gasteiger partial charge on any atom is 0.273 e. The lowest BCUT2D eigenvalue weighted by Crippen LogP contribution is -2.51. The number of oxazole rings is 1. The first-order chi connectivity index (χ1) is 19.4. The van der Waals surface area contributed by atoms with Crippen molar-refractivity contribution >= 4 is 23.1 Å². The van der Waals surface area contributed by atoms with E-state index >= 15 is 0 Å². The van der Waals surface area contributed by atoms with E-state index < -0.39 is 0 Å². The van der Waals surface area contributed by atoms with Crippen molar-refractivity contribution in [3.05, 3.63) is 60.5 Å². The van der Waals surface area contributed by atoms with Crippen molar-refractivity contribution in [1.82, 2.24) is 35.2 Å². The van der Waals surface area contributed by atoms with Crippen LogP contribution in [0.1, 0.15) is 55.3 Å². The monoisotopic (exact) mass is 546 g/mol. The third-order valence-corrected chi connectivity index (χ3v) is 6.78. The minimum atomic E-state index is -0.268. The van der Waals surface area contributed by atoms with Crippen molar-refractivity contribution in [2.75, 3.05) is 18.5 Å². The number of nitrogens with one attached hydrogen (secondary N) is 3. The van der Waals surface area contributed by atoms with Gasteiger partial charge in [0.1, 0.15) is 12.9 Å². The van der Waals surface area contributed by atoms with Crippen LogP contribution in [-0.2, 0) is 16.1 Å². The number of rotatable bonds is 12. The zero-order valence-electron chi connectivity index (χ0n) is 22.9. The fraction of sp³-hybridized carbons (Fsp3) is 0.429. The van der Waals surface area contributed by atoms with Gasteiger partial charge in [0.15, 0.2) is 23.2 Å². The van der Waals surface area contributed by atoms with Gasteiger partial charge in [-0.3, -0.25) is 9.59 Å². The first kappa shape index (κ1) is 27.4. The zero-order chi connectivity index (χ0) is 28.1. The Labute approximate surface area is 231 Å². The van der Waals surface area contributed by atoms with Gasteiger partial charge in [0.05, 0.1) is 5.52 Å². The van der Waals surface area contributed by atoms with E-state index in [1.54, 1.807) is 23.8 Å². The van der Waals surface area contributed by atoms with E-state index in [1.807, 2.05) is 31.3 Å². The molecule has 0 saturated heterocycles. The molecule has 4 aromatic rings. The molecule has 12 nitrogen and oxygen atoms in total. The summed E-state index contributed by atoms with van der Waals surface area (Å²) in [5.41, 5.74) is 2.97. The lowest BCUT2D eigenvalue weighted by atomic mass is 9.79. The third kappa shape index (κ3) is 6.69. The molecule has 12 heteroatoms. The highest BCUT2D eigenvalue weighted by Gasteiger charge is 2.35. The molecule has 210 valence electrons. The van der Waals surface area contributed by atoms with E-state index in [0.717, 1.165) is 35.9 Å². The number of fused-ring (bicyclic) bond motifs is 1. The van der Waals surface area contributed by atoms with Crippen molar-refractivity contribution in [2.24, 2.45) is 5.92 Å². The summed E-state index contributed by atoms with van der Waals surface area (Å²) in [5, 5.41) is 13.7. The Hall–Kier alpha value is -4.16. The first-order valence-corrected chi connectivity index (χ1v) is 13.5. The Morgan fingerprint density at radius 2 is 2.00 bits per heavy atom. The molecule has 2 amide bonds. The molecule has 4 heterocycles. The molecule has 0 aromatic carbocycles. The van der Waals surface area contributed by atoms with E-state index in [2.05, 4.69) is 42.9 Å². The van der Waals surface area contributed by atoms with E-state index in [9.17, 15) is 9.59 Å². The number of pyridine rings is 1. The highest BCUT2D eigenvalue weighted by atomic mass is 16.5. The van der Waals surface area contributed by atoms with Crippen LogP contribution in [0.15, 0.2) is 47.5 Å². The summed E-state index contributed by atoms with van der Waals surface area (Å²) in [5.74, 6) is 1.22. The molecule has 0 spiro atoms. The second-order valence-electron chi connectivity index (χ2n) is 10.1. The second kappa shape index (κ2) is 12.3. The number of aromatic nitrogens is 5. The summed E-state index contributed by atoms with van der Waals surface area (Å²) >= 11 is 0. The lowest BCUT2D eigenvalue weighted by Gasteiger charge is -2.36. The van der Waals surface area contributed by atoms with Crippen LogP contribution in [-0.4, -0.2) is 61.6 Å². The summed E-state index contributed by atoms with van der Waals surface area (Å²) in [4.78, 5) is 37.7. The van der Waals surface area contributed by atoms with Crippen molar-refractivity contribution in [2.45, 2.75) is 58.7 Å². The van der Waals surface area contributed by atoms with Gasteiger partial charge in [-0.2, -0.15) is 5.10 Å². The second-order valence-corrected chi connectivity index (χ2v) is 10.1. The van der Waals surface area contributed by atoms with Crippen LogP contribution in [0.5, 0.6) is 0 Å². The van der Waals surface area contributed by atoms with E-state index in [1.165, 1.54) is 6.26 Å². The molecule has 0 bridgehead atoms. The van der Waals surface area contributed by atoms with Crippen LogP contribution in [0.2, 0.25) is 0 Å². The van der Waals surface area contributed by atoms with Gasteiger partial charge >= 0.3 is 0 Å². The summed E-state index contributed by atoms with van der Waals surface area (Å²) in [7, 11) is 0. The van der Waals surface area contributed by atoms with E-state index in [0.29, 0.717) is 37.3 Å². The number of carbonyl (C=O) groups is 2. The number of carbonyl (C=O) groups excluding carboxylic acids is 2. The molecular weight excluding hydrogens is 512 g/mol. The van der Waals surface area contributed by atoms with Gasteiger partial charge in [-0.15, -0.1) is 0 Å². The number of amides is 2. The molecule has 1 aliphatic rings. The predicted molar refractivity (Wildman–Crippen MR) is 147 cm³/mol. The SMILES string of the molecule is CCCOCc1ncc(-c2ccn3nc(NC(=O)C4CC(N[C@@H](C)CNC(=O)c5coc(C)n5)C4)cc3c2)cn1. The van der Waals surface area contributed by atoms with Crippen LogP contribution in [0.4, 0.5) is 5.82 Å². The molecule has 1 fully saturated rings.